The van der Waals surface area contributed by atoms with E-state index < -0.39 is 0 Å². The molecule has 1 aliphatic carbocycles. The lowest BCUT2D eigenvalue weighted by Crippen LogP contribution is -1.93. The molecule has 0 atom stereocenters. The van der Waals surface area contributed by atoms with Crippen molar-refractivity contribution in [3.63, 3.8) is 0 Å². The van der Waals surface area contributed by atoms with Gasteiger partial charge in [0.15, 0.2) is 0 Å². The molecule has 0 fully saturated rings. The molecule has 0 saturated carbocycles. The van der Waals surface area contributed by atoms with Gasteiger partial charge in [0.05, 0.1) is 0 Å². The van der Waals surface area contributed by atoms with Crippen LogP contribution >= 0.6 is 0 Å². The van der Waals surface area contributed by atoms with Gasteiger partial charge in [-0.25, -0.2) is 0 Å². The van der Waals surface area contributed by atoms with Gasteiger partial charge in [0, 0.05) is 0 Å². The van der Waals surface area contributed by atoms with Crippen molar-refractivity contribution in [2.75, 3.05) is 0 Å². The van der Waals surface area contributed by atoms with Crippen LogP contribution in [-0.4, -0.2) is 0 Å². The molecule has 0 heterocycles. The molecule has 0 aliphatic heterocycles. The van der Waals surface area contributed by atoms with Crippen molar-refractivity contribution in [3.05, 3.63) is 66.0 Å². The highest BCUT2D eigenvalue weighted by Crippen LogP contribution is 2.18. The third-order valence-electron chi connectivity index (χ3n) is 2.64. The lowest BCUT2D eigenvalue weighted by atomic mass is 10.1. The maximum absolute atomic E-state index is 5.86. The summed E-state index contributed by atoms with van der Waals surface area (Å²) in [6, 6.07) is 8.33. The van der Waals surface area contributed by atoms with E-state index in [0.29, 0.717) is 0 Å². The zero-order chi connectivity index (χ0) is 11.9. The molecule has 1 aromatic rings. The highest BCUT2D eigenvalue weighted by molar-refractivity contribution is 5.32. The molecule has 17 heavy (non-hydrogen) atoms. The Hall–Kier alpha value is -1.76. The van der Waals surface area contributed by atoms with Gasteiger partial charge in [-0.05, 0) is 42.7 Å². The molecule has 0 N–H and O–H groups in total. The normalized spacial score (nSPS) is 14.3. The predicted molar refractivity (Wildman–Crippen MR) is 72.0 cm³/mol. The average molecular weight is 226 g/mol. The summed E-state index contributed by atoms with van der Waals surface area (Å²) >= 11 is 0. The fourth-order valence-electron chi connectivity index (χ4n) is 1.82. The summed E-state index contributed by atoms with van der Waals surface area (Å²) in [7, 11) is 0. The van der Waals surface area contributed by atoms with Crippen molar-refractivity contribution >= 4 is 0 Å². The minimum atomic E-state index is 0.920. The molecule has 0 radical (unpaired) electrons. The smallest absolute Gasteiger partial charge is 0.127 e. The molecule has 0 saturated heterocycles. The summed E-state index contributed by atoms with van der Waals surface area (Å²) in [4.78, 5) is 0. The van der Waals surface area contributed by atoms with E-state index in [-0.39, 0.29) is 0 Å². The molecule has 2 rings (SSSR count). The molecular weight excluding hydrogens is 208 g/mol. The lowest BCUT2D eigenvalue weighted by Gasteiger charge is -2.07. The number of ether oxygens (including phenoxy) is 1. The molecule has 0 bridgehead atoms. The zero-order valence-electron chi connectivity index (χ0n) is 10.2. The molecule has 0 unspecified atom stereocenters. The van der Waals surface area contributed by atoms with Gasteiger partial charge in [-0.1, -0.05) is 43.7 Å². The molecule has 0 spiro atoms. The number of hydrogen-bond acceptors (Lipinski definition) is 1. The monoisotopic (exact) mass is 226 g/mol. The summed E-state index contributed by atoms with van der Waals surface area (Å²) in [5.41, 5.74) is 1.33. The van der Waals surface area contributed by atoms with Gasteiger partial charge in [-0.3, -0.25) is 0 Å². The van der Waals surface area contributed by atoms with E-state index in [2.05, 4.69) is 37.3 Å². The van der Waals surface area contributed by atoms with Crippen LogP contribution in [0.3, 0.4) is 0 Å². The lowest BCUT2D eigenvalue weighted by molar-refractivity contribution is 0.442. The van der Waals surface area contributed by atoms with E-state index in [0.717, 1.165) is 30.8 Å². The minimum absolute atomic E-state index is 0.920. The topological polar surface area (TPSA) is 9.23 Å². The number of aryl methyl sites for hydroxylation is 1. The Labute approximate surface area is 103 Å². The van der Waals surface area contributed by atoms with Gasteiger partial charge in [-0.15, -0.1) is 0 Å². The van der Waals surface area contributed by atoms with Crippen molar-refractivity contribution in [1.29, 1.82) is 0 Å². The van der Waals surface area contributed by atoms with E-state index in [9.17, 15) is 0 Å². The molecule has 0 amide bonds. The first-order valence-electron chi connectivity index (χ1n) is 6.18. The van der Waals surface area contributed by atoms with Crippen molar-refractivity contribution in [1.82, 2.24) is 0 Å². The quantitative estimate of drug-likeness (QED) is 0.738. The van der Waals surface area contributed by atoms with Gasteiger partial charge in [-0.2, -0.15) is 0 Å². The van der Waals surface area contributed by atoms with Crippen molar-refractivity contribution in [2.24, 2.45) is 0 Å². The first-order valence-corrected chi connectivity index (χ1v) is 6.18. The molecule has 1 aliphatic rings. The van der Waals surface area contributed by atoms with Crippen LogP contribution < -0.4 is 4.74 Å². The SMILES string of the molecule is CCCc1cccc(OC2=CCC=CC=C2)c1. The molecule has 1 aromatic carbocycles. The van der Waals surface area contributed by atoms with Crippen LogP contribution in [-0.2, 0) is 6.42 Å². The van der Waals surface area contributed by atoms with E-state index in [1.165, 1.54) is 5.56 Å². The summed E-state index contributed by atoms with van der Waals surface area (Å²) in [5, 5.41) is 0. The van der Waals surface area contributed by atoms with Crippen LogP contribution in [0.25, 0.3) is 0 Å². The standard InChI is InChI=1S/C16H18O/c1-2-8-14-9-7-12-16(13-14)17-15-10-5-3-4-6-11-15/h3-5,7,9-13H,2,6,8H2,1H3. The molecule has 88 valence electrons. The summed E-state index contributed by atoms with van der Waals surface area (Å²) in [5.74, 6) is 1.84. The Bertz CT molecular complexity index is 452. The van der Waals surface area contributed by atoms with Crippen molar-refractivity contribution in [3.8, 4) is 5.75 Å². The Kier molecular flexibility index (Phi) is 4.20. The fourth-order valence-corrected chi connectivity index (χ4v) is 1.82. The van der Waals surface area contributed by atoms with Gasteiger partial charge in [0.25, 0.3) is 0 Å². The second-order valence-electron chi connectivity index (χ2n) is 4.13. The van der Waals surface area contributed by atoms with Crippen LogP contribution in [0.1, 0.15) is 25.3 Å². The third-order valence-corrected chi connectivity index (χ3v) is 2.64. The van der Waals surface area contributed by atoms with E-state index in [1.807, 2.05) is 24.3 Å². The van der Waals surface area contributed by atoms with Gasteiger partial charge >= 0.3 is 0 Å². The summed E-state index contributed by atoms with van der Waals surface area (Å²) in [6.07, 6.45) is 13.4. The summed E-state index contributed by atoms with van der Waals surface area (Å²) < 4.78 is 5.86. The van der Waals surface area contributed by atoms with Crippen molar-refractivity contribution in [2.45, 2.75) is 26.2 Å². The Morgan fingerprint density at radius 2 is 2.18 bits per heavy atom. The second kappa shape index (κ2) is 6.09. The second-order valence-corrected chi connectivity index (χ2v) is 4.13. The van der Waals surface area contributed by atoms with Crippen LogP contribution in [0.5, 0.6) is 5.75 Å². The fraction of sp³-hybridized carbons (Fsp3) is 0.250. The van der Waals surface area contributed by atoms with Crippen LogP contribution in [0.15, 0.2) is 60.4 Å². The third kappa shape index (κ3) is 3.63. The average Bonchev–Trinajstić information content (AvgIpc) is 2.59. The largest absolute Gasteiger partial charge is 0.458 e. The summed E-state index contributed by atoms with van der Waals surface area (Å²) in [6.45, 7) is 2.19. The number of allylic oxidation sites excluding steroid dienone is 5. The first-order chi connectivity index (χ1) is 8.38. The van der Waals surface area contributed by atoms with Crippen LogP contribution in [0.4, 0.5) is 0 Å². The van der Waals surface area contributed by atoms with Crippen LogP contribution in [0, 0.1) is 0 Å². The molecule has 1 heteroatoms. The maximum Gasteiger partial charge on any atom is 0.127 e. The van der Waals surface area contributed by atoms with Gasteiger partial charge in [0.2, 0.25) is 0 Å². The van der Waals surface area contributed by atoms with E-state index >= 15 is 0 Å². The Balaban J connectivity index is 2.07. The minimum Gasteiger partial charge on any atom is -0.458 e. The van der Waals surface area contributed by atoms with E-state index in [4.69, 9.17) is 4.74 Å². The number of benzene rings is 1. The van der Waals surface area contributed by atoms with Gasteiger partial charge in [0.1, 0.15) is 11.5 Å². The Morgan fingerprint density at radius 3 is 3.06 bits per heavy atom. The highest BCUT2D eigenvalue weighted by atomic mass is 16.5. The number of rotatable bonds is 4. The predicted octanol–water partition coefficient (Wildman–Crippen LogP) is 4.42. The van der Waals surface area contributed by atoms with E-state index in [1.54, 1.807) is 0 Å². The van der Waals surface area contributed by atoms with Crippen LogP contribution in [0.2, 0.25) is 0 Å². The van der Waals surface area contributed by atoms with Crippen molar-refractivity contribution < 1.29 is 4.74 Å². The molecule has 0 aromatic heterocycles. The Morgan fingerprint density at radius 1 is 1.24 bits per heavy atom. The maximum atomic E-state index is 5.86. The highest BCUT2D eigenvalue weighted by Gasteiger charge is 1.99. The molecular formula is C16H18O. The first kappa shape index (κ1) is 11.7. The van der Waals surface area contributed by atoms with Gasteiger partial charge < -0.3 is 4.74 Å². The number of hydrogen-bond donors (Lipinski definition) is 0. The zero-order valence-corrected chi connectivity index (χ0v) is 10.2. The molecule has 1 nitrogen and oxygen atoms in total.